The number of aliphatic hydroxyl groups excluding tert-OH is 1. The molecule has 104 valence electrons. The van der Waals surface area contributed by atoms with E-state index < -0.39 is 0 Å². The molecule has 0 aliphatic carbocycles. The molecule has 1 N–H and O–H groups in total. The van der Waals surface area contributed by atoms with Crippen LogP contribution in [0.2, 0.25) is 0 Å². The Morgan fingerprint density at radius 1 is 1.47 bits per heavy atom. The predicted octanol–water partition coefficient (Wildman–Crippen LogP) is 0.157. The smallest absolute Gasteiger partial charge is 0.274 e. The van der Waals surface area contributed by atoms with Crippen LogP contribution < -0.4 is 5.56 Å². The van der Waals surface area contributed by atoms with Crippen molar-refractivity contribution < 1.29 is 9.90 Å². The van der Waals surface area contributed by atoms with Crippen LogP contribution in [0.5, 0.6) is 0 Å². The minimum Gasteiger partial charge on any atom is -0.396 e. The zero-order chi connectivity index (χ0) is 13.8. The summed E-state index contributed by atoms with van der Waals surface area (Å²) in [6.07, 6.45) is 3.56. The van der Waals surface area contributed by atoms with Crippen molar-refractivity contribution in [2.45, 2.75) is 31.7 Å². The van der Waals surface area contributed by atoms with Gasteiger partial charge in [0.2, 0.25) is 0 Å². The van der Waals surface area contributed by atoms with Gasteiger partial charge in [-0.3, -0.25) is 9.59 Å². The van der Waals surface area contributed by atoms with Crippen LogP contribution in [0.25, 0.3) is 0 Å². The van der Waals surface area contributed by atoms with Crippen molar-refractivity contribution in [3.8, 4) is 0 Å². The van der Waals surface area contributed by atoms with Crippen LogP contribution in [0.4, 0.5) is 0 Å². The van der Waals surface area contributed by atoms with E-state index in [-0.39, 0.29) is 29.8 Å². The van der Waals surface area contributed by atoms with Gasteiger partial charge in [-0.25, -0.2) is 4.68 Å². The maximum Gasteiger partial charge on any atom is 0.274 e. The van der Waals surface area contributed by atoms with Crippen molar-refractivity contribution in [1.82, 2.24) is 14.7 Å². The van der Waals surface area contributed by atoms with Crippen molar-refractivity contribution in [3.63, 3.8) is 0 Å². The minimum atomic E-state index is -0.234. The molecule has 1 fully saturated rings. The summed E-state index contributed by atoms with van der Waals surface area (Å²) in [7, 11) is 1.53. The lowest BCUT2D eigenvalue weighted by Crippen LogP contribution is -2.44. The second-order valence-corrected chi connectivity index (χ2v) is 4.84. The fourth-order valence-corrected chi connectivity index (χ4v) is 2.48. The third kappa shape index (κ3) is 3.01. The fraction of sp³-hybridized carbons (Fsp3) is 0.615. The number of carbonyl (C=O) groups is 1. The predicted molar refractivity (Wildman–Crippen MR) is 69.9 cm³/mol. The first-order valence-corrected chi connectivity index (χ1v) is 6.59. The van der Waals surface area contributed by atoms with Crippen LogP contribution in [0.15, 0.2) is 16.9 Å². The minimum absolute atomic E-state index is 0.0743. The molecule has 6 nitrogen and oxygen atoms in total. The van der Waals surface area contributed by atoms with E-state index in [0.29, 0.717) is 13.0 Å². The van der Waals surface area contributed by atoms with Crippen molar-refractivity contribution in [2.75, 3.05) is 13.2 Å². The number of hydrogen-bond donors (Lipinski definition) is 1. The van der Waals surface area contributed by atoms with Gasteiger partial charge in [0.1, 0.15) is 5.69 Å². The molecule has 0 bridgehead atoms. The highest BCUT2D eigenvalue weighted by molar-refractivity contribution is 5.92. The number of amides is 1. The van der Waals surface area contributed by atoms with E-state index in [1.807, 2.05) is 0 Å². The topological polar surface area (TPSA) is 75.4 Å². The summed E-state index contributed by atoms with van der Waals surface area (Å²) in [5.41, 5.74) is 0.0500. The molecule has 1 atom stereocenters. The van der Waals surface area contributed by atoms with Crippen molar-refractivity contribution in [2.24, 2.45) is 7.05 Å². The number of likely N-dealkylation sites (tertiary alicyclic amines) is 1. The standard InChI is InChI=1S/C13H19N3O3/c1-15-12(18)6-5-11(14-15)13(19)16-8-3-2-4-10(16)7-9-17/h5-6,10,17H,2-4,7-9H2,1H3. The Bertz CT molecular complexity index is 510. The first kappa shape index (κ1) is 13.7. The lowest BCUT2D eigenvalue weighted by molar-refractivity contribution is 0.0566. The van der Waals surface area contributed by atoms with Gasteiger partial charge in [0, 0.05) is 32.3 Å². The first-order chi connectivity index (χ1) is 9.13. The zero-order valence-corrected chi connectivity index (χ0v) is 11.1. The molecule has 1 aliphatic heterocycles. The lowest BCUT2D eigenvalue weighted by atomic mass is 9.99. The van der Waals surface area contributed by atoms with Crippen LogP contribution in [0.1, 0.15) is 36.2 Å². The van der Waals surface area contributed by atoms with E-state index in [4.69, 9.17) is 5.11 Å². The molecule has 1 amide bonds. The molecule has 1 aromatic rings. The van der Waals surface area contributed by atoms with Crippen LogP contribution in [-0.4, -0.2) is 44.9 Å². The van der Waals surface area contributed by atoms with Crippen molar-refractivity contribution in [1.29, 1.82) is 0 Å². The SMILES string of the molecule is Cn1nc(C(=O)N2CCCCC2CCO)ccc1=O. The third-order valence-electron chi connectivity index (χ3n) is 3.53. The Labute approximate surface area is 111 Å². The molecule has 1 aliphatic rings. The third-order valence-corrected chi connectivity index (χ3v) is 3.53. The molecule has 1 saturated heterocycles. The summed E-state index contributed by atoms with van der Waals surface area (Å²) in [6, 6.07) is 2.89. The highest BCUT2D eigenvalue weighted by Crippen LogP contribution is 2.21. The highest BCUT2D eigenvalue weighted by atomic mass is 16.3. The number of rotatable bonds is 3. The van der Waals surface area contributed by atoms with Gasteiger partial charge in [-0.15, -0.1) is 0 Å². The largest absolute Gasteiger partial charge is 0.396 e. The average molecular weight is 265 g/mol. The molecule has 1 aromatic heterocycles. The van der Waals surface area contributed by atoms with Crippen LogP contribution >= 0.6 is 0 Å². The van der Waals surface area contributed by atoms with Gasteiger partial charge in [0.15, 0.2) is 0 Å². The summed E-state index contributed by atoms with van der Waals surface area (Å²) in [5.74, 6) is -0.159. The van der Waals surface area contributed by atoms with Gasteiger partial charge in [-0.2, -0.15) is 5.10 Å². The normalized spacial score (nSPS) is 19.5. The van der Waals surface area contributed by atoms with Gasteiger partial charge in [-0.1, -0.05) is 0 Å². The Hall–Kier alpha value is -1.69. The Balaban J connectivity index is 2.20. The van der Waals surface area contributed by atoms with Crippen LogP contribution in [-0.2, 0) is 7.05 Å². The van der Waals surface area contributed by atoms with Crippen LogP contribution in [0.3, 0.4) is 0 Å². The van der Waals surface area contributed by atoms with Crippen LogP contribution in [0, 0.1) is 0 Å². The van der Waals surface area contributed by atoms with Gasteiger partial charge in [0.25, 0.3) is 11.5 Å². The van der Waals surface area contributed by atoms with E-state index >= 15 is 0 Å². The van der Waals surface area contributed by atoms with Crippen molar-refractivity contribution in [3.05, 3.63) is 28.2 Å². The summed E-state index contributed by atoms with van der Waals surface area (Å²) in [5, 5.41) is 13.1. The second-order valence-electron chi connectivity index (χ2n) is 4.84. The van der Waals surface area contributed by atoms with E-state index in [0.717, 1.165) is 23.9 Å². The number of carbonyl (C=O) groups excluding carboxylic acids is 1. The Kier molecular flexibility index (Phi) is 4.31. The number of aliphatic hydroxyl groups is 1. The number of aromatic nitrogens is 2. The molecule has 0 aromatic carbocycles. The molecule has 0 spiro atoms. The molecule has 6 heteroatoms. The molecule has 1 unspecified atom stereocenters. The quantitative estimate of drug-likeness (QED) is 0.844. The van der Waals surface area contributed by atoms with Crippen molar-refractivity contribution >= 4 is 5.91 Å². The number of hydrogen-bond acceptors (Lipinski definition) is 4. The fourth-order valence-electron chi connectivity index (χ4n) is 2.48. The molecule has 2 rings (SSSR count). The van der Waals surface area contributed by atoms with Gasteiger partial charge in [0.05, 0.1) is 0 Å². The number of piperidine rings is 1. The molecule has 0 saturated carbocycles. The number of nitrogens with zero attached hydrogens (tertiary/aromatic N) is 3. The Morgan fingerprint density at radius 2 is 2.26 bits per heavy atom. The summed E-state index contributed by atoms with van der Waals surface area (Å²) in [4.78, 5) is 25.5. The van der Waals surface area contributed by atoms with E-state index in [1.165, 1.54) is 19.2 Å². The Morgan fingerprint density at radius 3 is 2.95 bits per heavy atom. The summed E-state index contributed by atoms with van der Waals surface area (Å²) >= 11 is 0. The molecular weight excluding hydrogens is 246 g/mol. The van der Waals surface area contributed by atoms with E-state index in [2.05, 4.69) is 5.10 Å². The highest BCUT2D eigenvalue weighted by Gasteiger charge is 2.27. The number of aryl methyl sites for hydroxylation is 1. The van der Waals surface area contributed by atoms with Gasteiger partial charge < -0.3 is 10.0 Å². The van der Waals surface area contributed by atoms with E-state index in [1.54, 1.807) is 4.90 Å². The monoisotopic (exact) mass is 265 g/mol. The molecular formula is C13H19N3O3. The first-order valence-electron chi connectivity index (χ1n) is 6.59. The summed E-state index contributed by atoms with van der Waals surface area (Å²) in [6.45, 7) is 0.767. The maximum atomic E-state index is 12.4. The second kappa shape index (κ2) is 5.97. The molecule has 2 heterocycles. The molecule has 19 heavy (non-hydrogen) atoms. The molecule has 0 radical (unpaired) electrons. The lowest BCUT2D eigenvalue weighted by Gasteiger charge is -2.35. The maximum absolute atomic E-state index is 12.4. The van der Waals surface area contributed by atoms with Gasteiger partial charge in [-0.05, 0) is 31.7 Å². The van der Waals surface area contributed by atoms with E-state index in [9.17, 15) is 9.59 Å². The van der Waals surface area contributed by atoms with Gasteiger partial charge >= 0.3 is 0 Å². The zero-order valence-electron chi connectivity index (χ0n) is 11.1. The summed E-state index contributed by atoms with van der Waals surface area (Å²) < 4.78 is 1.16. The average Bonchev–Trinajstić information content (AvgIpc) is 2.42.